The third-order valence-electron chi connectivity index (χ3n) is 2.82. The highest BCUT2D eigenvalue weighted by atomic mass is 19.1. The largest absolute Gasteiger partial charge is 0.453 e. The minimum Gasteiger partial charge on any atom is -0.453 e. The molecule has 0 fully saturated rings. The van der Waals surface area contributed by atoms with Crippen LogP contribution in [0.2, 0.25) is 0 Å². The van der Waals surface area contributed by atoms with Gasteiger partial charge < -0.3 is 4.74 Å². The van der Waals surface area contributed by atoms with Crippen LogP contribution in [0.3, 0.4) is 0 Å². The minimum atomic E-state index is -0.617. The van der Waals surface area contributed by atoms with Crippen LogP contribution in [0.4, 0.5) is 8.78 Å². The van der Waals surface area contributed by atoms with Crippen LogP contribution in [0.25, 0.3) is 6.08 Å². The molecule has 0 radical (unpaired) electrons. The van der Waals surface area contributed by atoms with E-state index in [0.29, 0.717) is 5.56 Å². The van der Waals surface area contributed by atoms with Crippen molar-refractivity contribution in [3.63, 3.8) is 0 Å². The van der Waals surface area contributed by atoms with Gasteiger partial charge in [-0.2, -0.15) is 0 Å². The van der Waals surface area contributed by atoms with Gasteiger partial charge in [-0.25, -0.2) is 8.78 Å². The minimum absolute atomic E-state index is 0.317. The van der Waals surface area contributed by atoms with Crippen LogP contribution < -0.4 is 0 Å². The van der Waals surface area contributed by atoms with Crippen molar-refractivity contribution in [1.82, 2.24) is 0 Å². The Kier molecular flexibility index (Phi) is 4.82. The number of carbonyl (C=O) groups is 1. The molecule has 2 rings (SSSR count). The van der Waals surface area contributed by atoms with Crippen LogP contribution >= 0.6 is 0 Å². The predicted molar refractivity (Wildman–Crippen MR) is 76.3 cm³/mol. The Morgan fingerprint density at radius 1 is 1.00 bits per heavy atom. The maximum atomic E-state index is 12.9. The topological polar surface area (TPSA) is 26.3 Å². The average Bonchev–Trinajstić information content (AvgIpc) is 2.46. The molecule has 2 nitrogen and oxygen atoms in total. The van der Waals surface area contributed by atoms with E-state index in [9.17, 15) is 13.6 Å². The molecule has 0 amide bonds. The first-order valence-corrected chi connectivity index (χ1v) is 6.41. The summed E-state index contributed by atoms with van der Waals surface area (Å²) in [6.45, 7) is 1.31. The van der Waals surface area contributed by atoms with Crippen LogP contribution in [0.1, 0.15) is 24.2 Å². The van der Waals surface area contributed by atoms with Crippen LogP contribution in [-0.4, -0.2) is 5.97 Å². The summed E-state index contributed by atoms with van der Waals surface area (Å²) in [5, 5.41) is 0. The normalized spacial score (nSPS) is 12.3. The molecular formula is C17H14F2O2. The Labute approximate surface area is 121 Å². The third-order valence-corrected chi connectivity index (χ3v) is 2.82. The van der Waals surface area contributed by atoms with Crippen molar-refractivity contribution in [3.8, 4) is 0 Å². The van der Waals surface area contributed by atoms with Gasteiger partial charge in [-0.3, -0.25) is 4.79 Å². The summed E-state index contributed by atoms with van der Waals surface area (Å²) in [4.78, 5) is 11.2. The number of hydrogen-bond acceptors (Lipinski definition) is 2. The van der Waals surface area contributed by atoms with E-state index in [2.05, 4.69) is 0 Å². The van der Waals surface area contributed by atoms with E-state index < -0.39 is 12.1 Å². The maximum Gasteiger partial charge on any atom is 0.303 e. The maximum absolute atomic E-state index is 12.9. The standard InChI is InChI=1S/C17H14F2O2/c1-12(20)21-17(14-5-9-16(19)10-6-14)11-4-13-2-7-15(18)8-3-13/h2-11,17H,1H3/b11-4+. The molecule has 4 heteroatoms. The summed E-state index contributed by atoms with van der Waals surface area (Å²) in [7, 11) is 0. The molecule has 108 valence electrons. The molecule has 0 aliphatic carbocycles. The first kappa shape index (κ1) is 14.9. The average molecular weight is 288 g/mol. The molecule has 0 saturated carbocycles. The molecule has 0 N–H and O–H groups in total. The second-order valence-electron chi connectivity index (χ2n) is 4.49. The number of halogens is 2. The number of hydrogen-bond donors (Lipinski definition) is 0. The molecule has 0 aliphatic rings. The predicted octanol–water partition coefficient (Wildman–Crippen LogP) is 4.28. The smallest absolute Gasteiger partial charge is 0.303 e. The summed E-state index contributed by atoms with van der Waals surface area (Å²) in [6, 6.07) is 11.6. The molecule has 0 spiro atoms. The summed E-state index contributed by atoms with van der Waals surface area (Å²) >= 11 is 0. The molecule has 0 aliphatic heterocycles. The zero-order chi connectivity index (χ0) is 15.2. The molecule has 1 unspecified atom stereocenters. The molecule has 0 bridgehead atoms. The summed E-state index contributed by atoms with van der Waals surface area (Å²) in [6.07, 6.45) is 2.77. The molecule has 0 saturated heterocycles. The lowest BCUT2D eigenvalue weighted by Crippen LogP contribution is -2.06. The number of ether oxygens (including phenoxy) is 1. The monoisotopic (exact) mass is 288 g/mol. The number of carbonyl (C=O) groups excluding carboxylic acids is 1. The summed E-state index contributed by atoms with van der Waals surface area (Å²) in [5.41, 5.74) is 1.43. The van der Waals surface area contributed by atoms with E-state index in [-0.39, 0.29) is 11.6 Å². The fourth-order valence-corrected chi connectivity index (χ4v) is 1.82. The van der Waals surface area contributed by atoms with Gasteiger partial charge in [0.1, 0.15) is 17.7 Å². The van der Waals surface area contributed by atoms with Crippen LogP contribution in [-0.2, 0) is 9.53 Å². The first-order chi connectivity index (χ1) is 10.0. The quantitative estimate of drug-likeness (QED) is 0.785. The van der Waals surface area contributed by atoms with Crippen molar-refractivity contribution >= 4 is 12.0 Å². The SMILES string of the molecule is CC(=O)OC(/C=C/c1ccc(F)cc1)c1ccc(F)cc1. The highest BCUT2D eigenvalue weighted by Crippen LogP contribution is 2.21. The van der Waals surface area contributed by atoms with E-state index in [1.807, 2.05) is 0 Å². The van der Waals surface area contributed by atoms with Crippen molar-refractivity contribution in [2.75, 3.05) is 0 Å². The zero-order valence-corrected chi connectivity index (χ0v) is 11.4. The fraction of sp³-hybridized carbons (Fsp3) is 0.118. The zero-order valence-electron chi connectivity index (χ0n) is 11.4. The second kappa shape index (κ2) is 6.79. The van der Waals surface area contributed by atoms with E-state index >= 15 is 0 Å². The van der Waals surface area contributed by atoms with E-state index in [1.165, 1.54) is 31.2 Å². The van der Waals surface area contributed by atoms with Gasteiger partial charge in [0.15, 0.2) is 0 Å². The van der Waals surface area contributed by atoms with Gasteiger partial charge in [-0.05, 0) is 41.5 Å². The van der Waals surface area contributed by atoms with Gasteiger partial charge in [-0.1, -0.05) is 30.3 Å². The van der Waals surface area contributed by atoms with Crippen molar-refractivity contribution in [2.24, 2.45) is 0 Å². The Hall–Kier alpha value is -2.49. The Balaban J connectivity index is 2.21. The van der Waals surface area contributed by atoms with Crippen molar-refractivity contribution < 1.29 is 18.3 Å². The van der Waals surface area contributed by atoms with Crippen LogP contribution in [0.15, 0.2) is 54.6 Å². The molecule has 21 heavy (non-hydrogen) atoms. The van der Waals surface area contributed by atoms with E-state index in [0.717, 1.165) is 5.56 Å². The molecular weight excluding hydrogens is 274 g/mol. The lowest BCUT2D eigenvalue weighted by Gasteiger charge is -2.13. The second-order valence-corrected chi connectivity index (χ2v) is 4.49. The Morgan fingerprint density at radius 3 is 2.05 bits per heavy atom. The Morgan fingerprint density at radius 2 is 1.52 bits per heavy atom. The highest BCUT2D eigenvalue weighted by molar-refractivity contribution is 5.67. The van der Waals surface area contributed by atoms with Gasteiger partial charge >= 0.3 is 5.97 Å². The molecule has 2 aromatic rings. The van der Waals surface area contributed by atoms with Crippen LogP contribution in [0.5, 0.6) is 0 Å². The lowest BCUT2D eigenvalue weighted by atomic mass is 10.1. The van der Waals surface area contributed by atoms with Gasteiger partial charge in [0.05, 0.1) is 0 Å². The van der Waals surface area contributed by atoms with Gasteiger partial charge in [0.25, 0.3) is 0 Å². The Bertz CT molecular complexity index is 631. The van der Waals surface area contributed by atoms with E-state index in [4.69, 9.17) is 4.74 Å². The molecule has 1 atom stereocenters. The number of benzene rings is 2. The van der Waals surface area contributed by atoms with Gasteiger partial charge in [0, 0.05) is 6.92 Å². The molecule has 0 heterocycles. The van der Waals surface area contributed by atoms with Crippen molar-refractivity contribution in [2.45, 2.75) is 13.0 Å². The number of rotatable bonds is 4. The van der Waals surface area contributed by atoms with Crippen LogP contribution in [0, 0.1) is 11.6 Å². The third kappa shape index (κ3) is 4.53. The first-order valence-electron chi connectivity index (χ1n) is 6.41. The summed E-state index contributed by atoms with van der Waals surface area (Å²) < 4.78 is 31.0. The van der Waals surface area contributed by atoms with Crippen molar-refractivity contribution in [1.29, 1.82) is 0 Å². The van der Waals surface area contributed by atoms with E-state index in [1.54, 1.807) is 36.4 Å². The fourth-order valence-electron chi connectivity index (χ4n) is 1.82. The number of esters is 1. The highest BCUT2D eigenvalue weighted by Gasteiger charge is 2.11. The lowest BCUT2D eigenvalue weighted by molar-refractivity contribution is -0.144. The molecule has 2 aromatic carbocycles. The van der Waals surface area contributed by atoms with Gasteiger partial charge in [0.2, 0.25) is 0 Å². The summed E-state index contributed by atoms with van der Waals surface area (Å²) in [5.74, 6) is -1.11. The molecule has 0 aromatic heterocycles. The van der Waals surface area contributed by atoms with Crippen molar-refractivity contribution in [3.05, 3.63) is 77.4 Å². The van der Waals surface area contributed by atoms with Gasteiger partial charge in [-0.15, -0.1) is 0 Å².